The van der Waals surface area contributed by atoms with E-state index in [2.05, 4.69) is 5.32 Å². The van der Waals surface area contributed by atoms with Crippen molar-refractivity contribution in [3.63, 3.8) is 0 Å². The second-order valence-corrected chi connectivity index (χ2v) is 2.60. The lowest BCUT2D eigenvalue weighted by atomic mass is 10.2. The van der Waals surface area contributed by atoms with Crippen molar-refractivity contribution in [3.8, 4) is 0 Å². The van der Waals surface area contributed by atoms with E-state index in [9.17, 15) is 9.59 Å². The molecular weight excluding hydrogens is 160 g/mol. The van der Waals surface area contributed by atoms with Gasteiger partial charge >= 0.3 is 5.97 Å². The maximum Gasteiger partial charge on any atom is 0.326 e. The van der Waals surface area contributed by atoms with Gasteiger partial charge in [-0.25, -0.2) is 4.79 Å². The zero-order valence-corrected chi connectivity index (χ0v) is 7.20. The number of nitrogens with two attached hydrogens (primary N) is 1. The van der Waals surface area contributed by atoms with E-state index in [1.54, 1.807) is 6.92 Å². The third-order valence-corrected chi connectivity index (χ3v) is 1.44. The summed E-state index contributed by atoms with van der Waals surface area (Å²) >= 11 is 0. The number of carbonyl (C=O) groups is 2. The zero-order chi connectivity index (χ0) is 9.72. The van der Waals surface area contributed by atoms with Crippen LogP contribution in [-0.2, 0) is 9.59 Å². The molecule has 0 radical (unpaired) electrons. The van der Waals surface area contributed by atoms with Crippen molar-refractivity contribution in [3.05, 3.63) is 0 Å². The number of carbonyl (C=O) groups excluding carboxylic acids is 1. The van der Waals surface area contributed by atoms with Gasteiger partial charge in [-0.3, -0.25) is 4.79 Å². The predicted octanol–water partition coefficient (Wildman–Crippen LogP) is -0.687. The average Bonchev–Trinajstić information content (AvgIpc) is 1.98. The Labute approximate surface area is 70.9 Å². The van der Waals surface area contributed by atoms with Gasteiger partial charge in [-0.2, -0.15) is 0 Å². The van der Waals surface area contributed by atoms with Crippen LogP contribution in [0.3, 0.4) is 0 Å². The van der Waals surface area contributed by atoms with Gasteiger partial charge in [-0.1, -0.05) is 6.92 Å². The SMILES string of the molecule is CC[C@H](NC(=O)C(C)N)C(=O)O. The van der Waals surface area contributed by atoms with E-state index in [-0.39, 0.29) is 0 Å². The lowest BCUT2D eigenvalue weighted by Crippen LogP contribution is -2.46. The Hall–Kier alpha value is -1.10. The monoisotopic (exact) mass is 174 g/mol. The minimum atomic E-state index is -1.04. The summed E-state index contributed by atoms with van der Waals surface area (Å²) in [5, 5.41) is 10.9. The quantitative estimate of drug-likeness (QED) is 0.526. The first kappa shape index (κ1) is 10.9. The normalized spacial score (nSPS) is 14.9. The summed E-state index contributed by atoms with van der Waals surface area (Å²) in [4.78, 5) is 21.4. The van der Waals surface area contributed by atoms with Crippen LogP contribution < -0.4 is 11.1 Å². The van der Waals surface area contributed by atoms with Crippen molar-refractivity contribution in [1.29, 1.82) is 0 Å². The van der Waals surface area contributed by atoms with Gasteiger partial charge in [0.05, 0.1) is 6.04 Å². The van der Waals surface area contributed by atoms with Crippen molar-refractivity contribution >= 4 is 11.9 Å². The molecule has 0 aliphatic carbocycles. The molecule has 0 spiro atoms. The van der Waals surface area contributed by atoms with Crippen LogP contribution >= 0.6 is 0 Å². The van der Waals surface area contributed by atoms with Crippen LogP contribution in [0, 0.1) is 0 Å². The van der Waals surface area contributed by atoms with Crippen molar-refractivity contribution in [2.45, 2.75) is 32.4 Å². The standard InChI is InChI=1S/C7H14N2O3/c1-3-5(7(11)12)9-6(10)4(2)8/h4-5H,3,8H2,1-2H3,(H,9,10)(H,11,12)/t4?,5-/m0/s1. The molecule has 5 nitrogen and oxygen atoms in total. The van der Waals surface area contributed by atoms with E-state index in [1.807, 2.05) is 0 Å². The van der Waals surface area contributed by atoms with Gasteiger partial charge in [0.15, 0.2) is 0 Å². The molecule has 1 amide bonds. The average molecular weight is 174 g/mol. The lowest BCUT2D eigenvalue weighted by molar-refractivity contribution is -0.142. The van der Waals surface area contributed by atoms with Gasteiger partial charge < -0.3 is 16.2 Å². The van der Waals surface area contributed by atoms with Crippen molar-refractivity contribution in [2.75, 3.05) is 0 Å². The molecular formula is C7H14N2O3. The summed E-state index contributed by atoms with van der Waals surface area (Å²) in [6.07, 6.45) is 0.355. The number of carboxylic acid groups (broad SMARTS) is 1. The van der Waals surface area contributed by atoms with Gasteiger partial charge in [0.2, 0.25) is 5.91 Å². The molecule has 0 aliphatic heterocycles. The van der Waals surface area contributed by atoms with Gasteiger partial charge in [0.1, 0.15) is 6.04 Å². The highest BCUT2D eigenvalue weighted by molar-refractivity contribution is 5.86. The zero-order valence-electron chi connectivity index (χ0n) is 7.20. The molecule has 70 valence electrons. The minimum absolute atomic E-state index is 0.355. The molecule has 5 heteroatoms. The number of amides is 1. The minimum Gasteiger partial charge on any atom is -0.480 e. The highest BCUT2D eigenvalue weighted by Gasteiger charge is 2.18. The van der Waals surface area contributed by atoms with Gasteiger partial charge in [-0.05, 0) is 13.3 Å². The van der Waals surface area contributed by atoms with Crippen LogP contribution in [0.15, 0.2) is 0 Å². The smallest absolute Gasteiger partial charge is 0.326 e. The molecule has 12 heavy (non-hydrogen) atoms. The van der Waals surface area contributed by atoms with Crippen LogP contribution in [0.5, 0.6) is 0 Å². The molecule has 0 aromatic rings. The number of hydrogen-bond donors (Lipinski definition) is 3. The first-order valence-electron chi connectivity index (χ1n) is 3.77. The van der Waals surface area contributed by atoms with Gasteiger partial charge in [-0.15, -0.1) is 0 Å². The molecule has 1 unspecified atom stereocenters. The summed E-state index contributed by atoms with van der Waals surface area (Å²) in [5.74, 6) is -1.48. The molecule has 0 bridgehead atoms. The lowest BCUT2D eigenvalue weighted by Gasteiger charge is -2.13. The van der Waals surface area contributed by atoms with Crippen LogP contribution in [0.4, 0.5) is 0 Å². The van der Waals surface area contributed by atoms with E-state index in [0.29, 0.717) is 6.42 Å². The molecule has 0 saturated heterocycles. The maximum atomic E-state index is 10.9. The molecule has 0 saturated carbocycles. The van der Waals surface area contributed by atoms with Gasteiger partial charge in [0, 0.05) is 0 Å². The number of carboxylic acids is 1. The summed E-state index contributed by atoms with van der Waals surface area (Å²) in [7, 11) is 0. The Morgan fingerprint density at radius 2 is 2.08 bits per heavy atom. The van der Waals surface area contributed by atoms with E-state index in [4.69, 9.17) is 10.8 Å². The Kier molecular flexibility index (Phi) is 4.28. The van der Waals surface area contributed by atoms with Crippen molar-refractivity contribution in [2.24, 2.45) is 5.73 Å². The Morgan fingerprint density at radius 1 is 1.58 bits per heavy atom. The second kappa shape index (κ2) is 4.71. The third kappa shape index (κ3) is 3.34. The van der Waals surface area contributed by atoms with Crippen molar-refractivity contribution < 1.29 is 14.7 Å². The number of aliphatic carboxylic acids is 1. The number of hydrogen-bond acceptors (Lipinski definition) is 3. The molecule has 0 heterocycles. The molecule has 2 atom stereocenters. The second-order valence-electron chi connectivity index (χ2n) is 2.60. The van der Waals surface area contributed by atoms with Crippen LogP contribution in [0.25, 0.3) is 0 Å². The first-order chi connectivity index (χ1) is 5.49. The third-order valence-electron chi connectivity index (χ3n) is 1.44. The fourth-order valence-corrected chi connectivity index (χ4v) is 0.642. The fraction of sp³-hybridized carbons (Fsp3) is 0.714. The summed E-state index contributed by atoms with van der Waals surface area (Å²) < 4.78 is 0. The molecule has 0 aromatic carbocycles. The summed E-state index contributed by atoms with van der Waals surface area (Å²) in [6, 6.07) is -1.50. The van der Waals surface area contributed by atoms with Gasteiger partial charge in [0.25, 0.3) is 0 Å². The fourth-order valence-electron chi connectivity index (χ4n) is 0.642. The van der Waals surface area contributed by atoms with Crippen molar-refractivity contribution in [1.82, 2.24) is 5.32 Å². The number of nitrogens with one attached hydrogen (secondary N) is 1. The van der Waals surface area contributed by atoms with Crippen LogP contribution in [0.2, 0.25) is 0 Å². The first-order valence-corrected chi connectivity index (χ1v) is 3.77. The summed E-state index contributed by atoms with van der Waals surface area (Å²) in [6.45, 7) is 3.18. The molecule has 0 fully saturated rings. The highest BCUT2D eigenvalue weighted by atomic mass is 16.4. The molecule has 0 rings (SSSR count). The topological polar surface area (TPSA) is 92.4 Å². The highest BCUT2D eigenvalue weighted by Crippen LogP contribution is 1.91. The van der Waals surface area contributed by atoms with E-state index < -0.39 is 24.0 Å². The Morgan fingerprint density at radius 3 is 2.33 bits per heavy atom. The van der Waals surface area contributed by atoms with E-state index in [0.717, 1.165) is 0 Å². The molecule has 0 aliphatic rings. The largest absolute Gasteiger partial charge is 0.480 e. The Balaban J connectivity index is 4.03. The van der Waals surface area contributed by atoms with E-state index in [1.165, 1.54) is 6.92 Å². The predicted molar refractivity (Wildman–Crippen MR) is 43.5 cm³/mol. The molecule has 4 N–H and O–H groups in total. The summed E-state index contributed by atoms with van der Waals surface area (Å²) in [5.41, 5.74) is 5.23. The molecule has 0 aromatic heterocycles. The maximum absolute atomic E-state index is 10.9. The Bertz CT molecular complexity index is 179. The van der Waals surface area contributed by atoms with Crippen LogP contribution in [-0.4, -0.2) is 29.1 Å². The number of rotatable bonds is 4. The van der Waals surface area contributed by atoms with E-state index >= 15 is 0 Å². The van der Waals surface area contributed by atoms with Crippen LogP contribution in [0.1, 0.15) is 20.3 Å².